The first-order chi connectivity index (χ1) is 12.7. The maximum absolute atomic E-state index is 12.1. The second-order valence-corrected chi connectivity index (χ2v) is 7.47. The van der Waals surface area contributed by atoms with Crippen molar-refractivity contribution in [3.8, 4) is 11.3 Å². The topological polar surface area (TPSA) is 64.5 Å². The molecule has 6 heteroatoms. The lowest BCUT2D eigenvalue weighted by molar-refractivity contribution is 0.144. The Labute approximate surface area is 154 Å². The number of aromatic nitrogens is 1. The van der Waals surface area contributed by atoms with Gasteiger partial charge in [0.15, 0.2) is 0 Å². The molecule has 0 spiro atoms. The van der Waals surface area contributed by atoms with Crippen molar-refractivity contribution in [1.29, 1.82) is 0 Å². The molecule has 4 rings (SSSR count). The largest absolute Gasteiger partial charge is 0.460 e. The quantitative estimate of drug-likeness (QED) is 0.855. The third kappa shape index (κ3) is 3.77. The molecule has 0 unspecified atom stereocenters. The van der Waals surface area contributed by atoms with Gasteiger partial charge in [-0.25, -0.2) is 0 Å². The van der Waals surface area contributed by atoms with Gasteiger partial charge in [-0.3, -0.25) is 15.0 Å². The molecule has 2 aromatic heterocycles. The van der Waals surface area contributed by atoms with Gasteiger partial charge in [0.05, 0.1) is 6.54 Å². The summed E-state index contributed by atoms with van der Waals surface area (Å²) in [6.07, 6.45) is 5.89. The van der Waals surface area contributed by atoms with Gasteiger partial charge in [0, 0.05) is 50.2 Å². The van der Waals surface area contributed by atoms with Crippen LogP contribution in [0.15, 0.2) is 27.5 Å². The minimum Gasteiger partial charge on any atom is -0.460 e. The fourth-order valence-corrected chi connectivity index (χ4v) is 3.95. The maximum Gasteiger partial charge on any atom is 0.251 e. The molecule has 2 aromatic rings. The van der Waals surface area contributed by atoms with E-state index in [0.717, 1.165) is 87.7 Å². The van der Waals surface area contributed by atoms with E-state index in [1.807, 2.05) is 18.3 Å². The van der Waals surface area contributed by atoms with Gasteiger partial charge in [-0.1, -0.05) is 0 Å². The van der Waals surface area contributed by atoms with Crippen LogP contribution in [0.4, 0.5) is 0 Å². The summed E-state index contributed by atoms with van der Waals surface area (Å²) < 4.78 is 6.07. The lowest BCUT2D eigenvalue weighted by Crippen LogP contribution is -2.47. The molecule has 1 aliphatic carbocycles. The van der Waals surface area contributed by atoms with Gasteiger partial charge in [-0.05, 0) is 50.4 Å². The van der Waals surface area contributed by atoms with Gasteiger partial charge in [0.25, 0.3) is 5.56 Å². The highest BCUT2D eigenvalue weighted by Crippen LogP contribution is 2.30. The van der Waals surface area contributed by atoms with E-state index >= 15 is 0 Å². The molecule has 1 fully saturated rings. The van der Waals surface area contributed by atoms with E-state index < -0.39 is 0 Å². The summed E-state index contributed by atoms with van der Waals surface area (Å²) in [4.78, 5) is 19.7. The van der Waals surface area contributed by atoms with E-state index in [9.17, 15) is 4.79 Å². The highest BCUT2D eigenvalue weighted by molar-refractivity contribution is 5.63. The molecule has 0 amide bonds. The molecule has 6 nitrogen and oxygen atoms in total. The fraction of sp³-hybridized carbons (Fsp3) is 0.550. The number of nitrogens with one attached hydrogen (secondary N) is 2. The summed E-state index contributed by atoms with van der Waals surface area (Å²) in [7, 11) is 2.17. The Balaban J connectivity index is 1.40. The molecule has 0 atom stereocenters. The number of fused-ring (bicyclic) bond motifs is 1. The Morgan fingerprint density at radius 1 is 1.12 bits per heavy atom. The van der Waals surface area contributed by atoms with Crippen LogP contribution in [0.25, 0.3) is 11.3 Å². The molecule has 2 aliphatic rings. The molecule has 1 aliphatic heterocycles. The van der Waals surface area contributed by atoms with Crippen LogP contribution in [0.1, 0.15) is 29.7 Å². The van der Waals surface area contributed by atoms with Crippen molar-refractivity contribution in [3.63, 3.8) is 0 Å². The monoisotopic (exact) mass is 356 g/mol. The third-order valence-corrected chi connectivity index (χ3v) is 5.57. The second-order valence-electron chi connectivity index (χ2n) is 7.47. The van der Waals surface area contributed by atoms with Crippen molar-refractivity contribution < 1.29 is 4.42 Å². The fourth-order valence-electron chi connectivity index (χ4n) is 3.95. The number of H-pyrrole nitrogens is 1. The van der Waals surface area contributed by atoms with Crippen molar-refractivity contribution in [2.24, 2.45) is 0 Å². The number of furan rings is 1. The summed E-state index contributed by atoms with van der Waals surface area (Å²) in [5, 5.41) is 3.48. The summed E-state index contributed by atoms with van der Waals surface area (Å²) in [6.45, 7) is 6.08. The molecule has 26 heavy (non-hydrogen) atoms. The van der Waals surface area contributed by atoms with Crippen molar-refractivity contribution in [1.82, 2.24) is 20.1 Å². The van der Waals surface area contributed by atoms with Crippen LogP contribution in [0.3, 0.4) is 0 Å². The minimum absolute atomic E-state index is 0.0593. The first kappa shape index (κ1) is 17.5. The van der Waals surface area contributed by atoms with Crippen molar-refractivity contribution in [3.05, 3.63) is 45.6 Å². The van der Waals surface area contributed by atoms with Gasteiger partial charge in [-0.2, -0.15) is 0 Å². The molecular formula is C20H28N4O2. The van der Waals surface area contributed by atoms with E-state index in [-0.39, 0.29) is 5.56 Å². The van der Waals surface area contributed by atoms with Crippen LogP contribution in [-0.2, 0) is 19.4 Å². The molecule has 3 heterocycles. The summed E-state index contributed by atoms with van der Waals surface area (Å²) in [6, 6.07) is 4.06. The van der Waals surface area contributed by atoms with Crippen LogP contribution in [0.5, 0.6) is 0 Å². The zero-order chi connectivity index (χ0) is 17.9. The number of rotatable bonds is 5. The second kappa shape index (κ2) is 7.78. The van der Waals surface area contributed by atoms with Gasteiger partial charge in [0.1, 0.15) is 11.5 Å². The Morgan fingerprint density at radius 3 is 2.69 bits per heavy atom. The van der Waals surface area contributed by atoms with Crippen LogP contribution < -0.4 is 10.9 Å². The van der Waals surface area contributed by atoms with E-state index in [2.05, 4.69) is 27.1 Å². The van der Waals surface area contributed by atoms with E-state index in [1.54, 1.807) is 0 Å². The molecule has 1 saturated heterocycles. The average molecular weight is 356 g/mol. The van der Waals surface area contributed by atoms with Crippen molar-refractivity contribution in [2.75, 3.05) is 39.9 Å². The van der Waals surface area contributed by atoms with Gasteiger partial charge in [-0.15, -0.1) is 0 Å². The lowest BCUT2D eigenvalue weighted by atomic mass is 9.89. The molecule has 0 bridgehead atoms. The number of aromatic amines is 1. The van der Waals surface area contributed by atoms with Crippen LogP contribution >= 0.6 is 0 Å². The number of likely N-dealkylation sites (N-methyl/N-ethyl adjacent to an activating group) is 1. The van der Waals surface area contributed by atoms with E-state index in [4.69, 9.17) is 4.42 Å². The summed E-state index contributed by atoms with van der Waals surface area (Å²) in [5.41, 5.74) is 3.22. The van der Waals surface area contributed by atoms with Crippen molar-refractivity contribution in [2.45, 2.75) is 32.2 Å². The first-order valence-corrected chi connectivity index (χ1v) is 9.65. The van der Waals surface area contributed by atoms with Crippen LogP contribution in [0, 0.1) is 0 Å². The smallest absolute Gasteiger partial charge is 0.251 e. The highest BCUT2D eigenvalue weighted by atomic mass is 16.3. The Kier molecular flexibility index (Phi) is 5.24. The standard InChI is InChI=1S/C20H28N4O2/c1-23-8-10-24(11-9-23)14-21-12-15-6-7-19(26-15)18-13-22-20(25)17-5-3-2-4-16(17)18/h6-7,13,21H,2-5,8-12,14H2,1H3,(H,22,25). The SMILES string of the molecule is CN1CCN(CNCc2ccc(-c3c[nH]c(=O)c4c3CCCC4)o2)CC1. The lowest BCUT2D eigenvalue weighted by Gasteiger charge is -2.32. The number of hydrogen-bond acceptors (Lipinski definition) is 5. The first-order valence-electron chi connectivity index (χ1n) is 9.65. The van der Waals surface area contributed by atoms with Gasteiger partial charge >= 0.3 is 0 Å². The van der Waals surface area contributed by atoms with Gasteiger partial charge in [0.2, 0.25) is 0 Å². The molecule has 0 saturated carbocycles. The molecule has 140 valence electrons. The molecule has 0 radical (unpaired) electrons. The molecular weight excluding hydrogens is 328 g/mol. The number of hydrogen-bond donors (Lipinski definition) is 2. The number of piperazine rings is 1. The Bertz CT molecular complexity index is 802. The zero-order valence-corrected chi connectivity index (χ0v) is 15.5. The predicted octanol–water partition coefficient (Wildman–Crippen LogP) is 1.81. The number of pyridine rings is 1. The zero-order valence-electron chi connectivity index (χ0n) is 15.5. The van der Waals surface area contributed by atoms with Crippen LogP contribution in [-0.4, -0.2) is 54.7 Å². The van der Waals surface area contributed by atoms with Gasteiger partial charge < -0.3 is 14.3 Å². The normalized spacial score (nSPS) is 18.8. The van der Waals surface area contributed by atoms with Crippen LogP contribution in [0.2, 0.25) is 0 Å². The third-order valence-electron chi connectivity index (χ3n) is 5.57. The average Bonchev–Trinajstić information content (AvgIpc) is 3.13. The molecule has 2 N–H and O–H groups in total. The predicted molar refractivity (Wildman–Crippen MR) is 102 cm³/mol. The maximum atomic E-state index is 12.1. The highest BCUT2D eigenvalue weighted by Gasteiger charge is 2.19. The Morgan fingerprint density at radius 2 is 1.88 bits per heavy atom. The van der Waals surface area contributed by atoms with E-state index in [0.29, 0.717) is 0 Å². The summed E-state index contributed by atoms with van der Waals surface area (Å²) in [5.74, 6) is 1.79. The van der Waals surface area contributed by atoms with E-state index in [1.165, 1.54) is 5.56 Å². The number of nitrogens with zero attached hydrogens (tertiary/aromatic N) is 2. The summed E-state index contributed by atoms with van der Waals surface area (Å²) >= 11 is 0. The Hall–Kier alpha value is -1.89. The minimum atomic E-state index is 0.0593. The molecule has 0 aromatic carbocycles. The van der Waals surface area contributed by atoms with Crippen molar-refractivity contribution >= 4 is 0 Å².